The van der Waals surface area contributed by atoms with Crippen molar-refractivity contribution >= 4 is 11.9 Å². The number of rotatable bonds is 3. The number of carbonyl (C=O) groups excluding carboxylic acids is 2. The van der Waals surface area contributed by atoms with Gasteiger partial charge in [-0.1, -0.05) is 30.3 Å². The van der Waals surface area contributed by atoms with Crippen LogP contribution >= 0.6 is 0 Å². The highest BCUT2D eigenvalue weighted by Crippen LogP contribution is 2.04. The molecule has 1 saturated heterocycles. The summed E-state index contributed by atoms with van der Waals surface area (Å²) in [5.41, 5.74) is 0.902. The average molecular weight is 249 g/mol. The van der Waals surface area contributed by atoms with Gasteiger partial charge in [-0.05, 0) is 5.56 Å². The van der Waals surface area contributed by atoms with Crippen LogP contribution in [0.1, 0.15) is 12.0 Å². The molecule has 0 radical (unpaired) electrons. The summed E-state index contributed by atoms with van der Waals surface area (Å²) < 4.78 is 10.1. The Balaban J connectivity index is 1.76. The van der Waals surface area contributed by atoms with Gasteiger partial charge in [-0.2, -0.15) is 0 Å². The molecule has 0 unspecified atom stereocenters. The van der Waals surface area contributed by atoms with Crippen LogP contribution in [0, 0.1) is 0 Å². The minimum atomic E-state index is -0.595. The molecule has 18 heavy (non-hydrogen) atoms. The van der Waals surface area contributed by atoms with E-state index in [2.05, 4.69) is 5.32 Å². The second-order valence-corrected chi connectivity index (χ2v) is 4.05. The third kappa shape index (κ3) is 3.56. The summed E-state index contributed by atoms with van der Waals surface area (Å²) >= 11 is 0. The fourth-order valence-corrected chi connectivity index (χ4v) is 1.67. The molecule has 1 fully saturated rings. The van der Waals surface area contributed by atoms with E-state index in [1.165, 1.54) is 0 Å². The number of amides is 1. The van der Waals surface area contributed by atoms with E-state index in [0.717, 1.165) is 5.56 Å². The zero-order valence-electron chi connectivity index (χ0n) is 9.93. The van der Waals surface area contributed by atoms with Gasteiger partial charge in [0, 0.05) is 6.42 Å². The third-order valence-electron chi connectivity index (χ3n) is 2.67. The van der Waals surface area contributed by atoms with Crippen molar-refractivity contribution in [3.05, 3.63) is 35.9 Å². The first-order valence-corrected chi connectivity index (χ1v) is 5.83. The Bertz CT molecular complexity index is 418. The van der Waals surface area contributed by atoms with Crippen molar-refractivity contribution in [3.63, 3.8) is 0 Å². The van der Waals surface area contributed by atoms with E-state index in [1.54, 1.807) is 0 Å². The minimum Gasteiger partial charge on any atom is -0.445 e. The van der Waals surface area contributed by atoms with Crippen molar-refractivity contribution in [3.8, 4) is 0 Å². The van der Waals surface area contributed by atoms with Gasteiger partial charge >= 0.3 is 6.09 Å². The summed E-state index contributed by atoms with van der Waals surface area (Å²) in [6.07, 6.45) is -0.258. The number of hydrogen-bond acceptors (Lipinski definition) is 4. The first kappa shape index (κ1) is 12.6. The van der Waals surface area contributed by atoms with Crippen LogP contribution in [-0.2, 0) is 20.9 Å². The van der Waals surface area contributed by atoms with Crippen LogP contribution in [0.3, 0.4) is 0 Å². The smallest absolute Gasteiger partial charge is 0.408 e. The Kier molecular flexibility index (Phi) is 4.30. The number of hydrogen-bond donors (Lipinski definition) is 1. The fourth-order valence-electron chi connectivity index (χ4n) is 1.67. The molecule has 96 valence electrons. The molecule has 1 amide bonds. The molecule has 1 aromatic rings. The molecule has 0 aliphatic carbocycles. The molecule has 1 atom stereocenters. The lowest BCUT2D eigenvalue weighted by Crippen LogP contribution is -2.47. The largest absolute Gasteiger partial charge is 0.445 e. The van der Waals surface area contributed by atoms with Gasteiger partial charge in [0.25, 0.3) is 0 Å². The van der Waals surface area contributed by atoms with Crippen LogP contribution in [0.15, 0.2) is 30.3 Å². The number of ketones is 1. The molecule has 1 N–H and O–H groups in total. The van der Waals surface area contributed by atoms with Gasteiger partial charge in [-0.25, -0.2) is 4.79 Å². The Morgan fingerprint density at radius 1 is 1.39 bits per heavy atom. The monoisotopic (exact) mass is 249 g/mol. The van der Waals surface area contributed by atoms with Gasteiger partial charge in [0.1, 0.15) is 12.6 Å². The van der Waals surface area contributed by atoms with E-state index in [0.29, 0.717) is 13.0 Å². The van der Waals surface area contributed by atoms with Crippen LogP contribution < -0.4 is 5.32 Å². The van der Waals surface area contributed by atoms with Crippen LogP contribution in [0.5, 0.6) is 0 Å². The molecule has 0 bridgehead atoms. The lowest BCUT2D eigenvalue weighted by atomic mass is 10.1. The molecule has 1 aliphatic rings. The van der Waals surface area contributed by atoms with E-state index in [9.17, 15) is 9.59 Å². The predicted octanol–water partition coefficient (Wildman–Crippen LogP) is 1.27. The summed E-state index contributed by atoms with van der Waals surface area (Å²) in [5, 5.41) is 2.50. The lowest BCUT2D eigenvalue weighted by Gasteiger charge is -2.21. The van der Waals surface area contributed by atoms with E-state index < -0.39 is 12.1 Å². The highest BCUT2D eigenvalue weighted by Gasteiger charge is 2.24. The summed E-state index contributed by atoms with van der Waals surface area (Å²) in [7, 11) is 0. The molecule has 0 aromatic heterocycles. The molecule has 5 nitrogen and oxygen atoms in total. The van der Waals surface area contributed by atoms with E-state index in [1.807, 2.05) is 30.3 Å². The van der Waals surface area contributed by atoms with Crippen molar-refractivity contribution in [2.75, 3.05) is 13.2 Å². The first-order valence-electron chi connectivity index (χ1n) is 5.83. The molecule has 0 saturated carbocycles. The molecular formula is C13H15NO4. The van der Waals surface area contributed by atoms with Crippen LogP contribution in [-0.4, -0.2) is 31.1 Å². The topological polar surface area (TPSA) is 64.6 Å². The van der Waals surface area contributed by atoms with Gasteiger partial charge in [0.15, 0.2) is 5.78 Å². The maximum atomic E-state index is 11.5. The predicted molar refractivity (Wildman–Crippen MR) is 64.0 cm³/mol. The average Bonchev–Trinajstić information content (AvgIpc) is 2.40. The second kappa shape index (κ2) is 6.16. The van der Waals surface area contributed by atoms with Crippen molar-refractivity contribution in [2.24, 2.45) is 0 Å². The van der Waals surface area contributed by atoms with Gasteiger partial charge in [-0.3, -0.25) is 4.79 Å². The Morgan fingerprint density at radius 3 is 2.89 bits per heavy atom. The third-order valence-corrected chi connectivity index (χ3v) is 2.67. The molecule has 1 aliphatic heterocycles. The standard InChI is InChI=1S/C13H15NO4/c15-12-6-7-17-9-11(12)14-13(16)18-8-10-4-2-1-3-5-10/h1-5,11H,6-9H2,(H,14,16)/t11-/m0/s1. The number of ether oxygens (including phenoxy) is 2. The van der Waals surface area contributed by atoms with E-state index in [-0.39, 0.29) is 19.0 Å². The minimum absolute atomic E-state index is 0.0158. The highest BCUT2D eigenvalue weighted by molar-refractivity contribution is 5.88. The van der Waals surface area contributed by atoms with Crippen LogP contribution in [0.25, 0.3) is 0 Å². The maximum Gasteiger partial charge on any atom is 0.408 e. The summed E-state index contributed by atoms with van der Waals surface area (Å²) in [6, 6.07) is 8.78. The maximum absolute atomic E-state index is 11.5. The van der Waals surface area contributed by atoms with Gasteiger partial charge in [-0.15, -0.1) is 0 Å². The second-order valence-electron chi connectivity index (χ2n) is 4.05. The molecule has 1 heterocycles. The zero-order valence-corrected chi connectivity index (χ0v) is 9.93. The Labute approximate surface area is 105 Å². The molecule has 1 aromatic carbocycles. The van der Waals surface area contributed by atoms with Gasteiger partial charge in [0.2, 0.25) is 0 Å². The van der Waals surface area contributed by atoms with Crippen LogP contribution in [0.2, 0.25) is 0 Å². The lowest BCUT2D eigenvalue weighted by molar-refractivity contribution is -0.127. The Morgan fingerprint density at radius 2 is 2.17 bits per heavy atom. The molecule has 0 spiro atoms. The van der Waals surface area contributed by atoms with E-state index in [4.69, 9.17) is 9.47 Å². The van der Waals surface area contributed by atoms with Crippen molar-refractivity contribution in [1.82, 2.24) is 5.32 Å². The SMILES string of the molecule is O=C(N[C@H]1COCCC1=O)OCc1ccccc1. The number of Topliss-reactive ketones (excluding diaryl/α,β-unsaturated/α-hetero) is 1. The summed E-state index contributed by atoms with van der Waals surface area (Å²) in [5.74, 6) is -0.0158. The number of benzene rings is 1. The van der Waals surface area contributed by atoms with Gasteiger partial charge in [0.05, 0.1) is 13.2 Å². The van der Waals surface area contributed by atoms with E-state index >= 15 is 0 Å². The summed E-state index contributed by atoms with van der Waals surface area (Å²) in [4.78, 5) is 22.9. The van der Waals surface area contributed by atoms with Crippen LogP contribution in [0.4, 0.5) is 4.79 Å². The Hall–Kier alpha value is -1.88. The van der Waals surface area contributed by atoms with Crippen molar-refractivity contribution < 1.29 is 19.1 Å². The fraction of sp³-hybridized carbons (Fsp3) is 0.385. The molecule has 5 heteroatoms. The van der Waals surface area contributed by atoms with Crippen molar-refractivity contribution in [1.29, 1.82) is 0 Å². The first-order chi connectivity index (χ1) is 8.75. The summed E-state index contributed by atoms with van der Waals surface area (Å²) in [6.45, 7) is 0.837. The molecular weight excluding hydrogens is 234 g/mol. The number of alkyl carbamates (subject to hydrolysis) is 1. The number of carbonyl (C=O) groups is 2. The highest BCUT2D eigenvalue weighted by atomic mass is 16.5. The quantitative estimate of drug-likeness (QED) is 0.876. The number of nitrogens with one attached hydrogen (secondary N) is 1. The zero-order chi connectivity index (χ0) is 12.8. The van der Waals surface area contributed by atoms with Gasteiger partial charge < -0.3 is 14.8 Å². The molecule has 2 rings (SSSR count). The normalized spacial score (nSPS) is 19.3. The van der Waals surface area contributed by atoms with Crippen molar-refractivity contribution in [2.45, 2.75) is 19.1 Å².